The van der Waals surface area contributed by atoms with Gasteiger partial charge in [-0.25, -0.2) is 0 Å². The van der Waals surface area contributed by atoms with Crippen LogP contribution in [0.3, 0.4) is 0 Å². The molecule has 0 radical (unpaired) electrons. The number of amides is 1. The largest absolute Gasteiger partial charge is 0.481 e. The van der Waals surface area contributed by atoms with E-state index in [1.165, 1.54) is 0 Å². The molecule has 1 aliphatic heterocycles. The van der Waals surface area contributed by atoms with E-state index in [-0.39, 0.29) is 24.9 Å². The molecule has 0 spiro atoms. The molecule has 7 heteroatoms. The summed E-state index contributed by atoms with van der Waals surface area (Å²) in [6, 6.07) is -0.0376. The molecule has 0 aliphatic carbocycles. The number of likely N-dealkylation sites (tertiary alicyclic amines) is 1. The predicted molar refractivity (Wildman–Crippen MR) is 78.2 cm³/mol. The van der Waals surface area contributed by atoms with Crippen molar-refractivity contribution in [2.24, 2.45) is 7.05 Å². The lowest BCUT2D eigenvalue weighted by Gasteiger charge is -2.22. The van der Waals surface area contributed by atoms with Gasteiger partial charge in [0.1, 0.15) is 0 Å². The molecule has 1 fully saturated rings. The third-order valence-corrected chi connectivity index (χ3v) is 4.03. The van der Waals surface area contributed by atoms with Gasteiger partial charge in [0.05, 0.1) is 30.0 Å². The summed E-state index contributed by atoms with van der Waals surface area (Å²) in [7, 11) is 1.83. The molecule has 0 bridgehead atoms. The van der Waals surface area contributed by atoms with Gasteiger partial charge in [-0.2, -0.15) is 5.10 Å². The van der Waals surface area contributed by atoms with Crippen LogP contribution in [0.15, 0.2) is 0 Å². The molecule has 2 rings (SSSR count). The monoisotopic (exact) mass is 294 g/mol. The molecule has 2 heterocycles. The zero-order chi connectivity index (χ0) is 15.6. The Balaban J connectivity index is 1.96. The van der Waals surface area contributed by atoms with Crippen molar-refractivity contribution in [3.63, 3.8) is 0 Å². The van der Waals surface area contributed by atoms with Crippen molar-refractivity contribution < 1.29 is 14.7 Å². The average Bonchev–Trinajstić information content (AvgIpc) is 2.89. The number of hydrogen-bond acceptors (Lipinski definition) is 4. The van der Waals surface area contributed by atoms with Crippen LogP contribution in [-0.2, 0) is 16.6 Å². The van der Waals surface area contributed by atoms with Crippen molar-refractivity contribution in [2.45, 2.75) is 39.2 Å². The molecule has 1 amide bonds. The lowest BCUT2D eigenvalue weighted by atomic mass is 10.1. The first kappa shape index (κ1) is 15.5. The Morgan fingerprint density at radius 3 is 2.71 bits per heavy atom. The number of carbonyl (C=O) groups excluding carboxylic acids is 1. The maximum absolute atomic E-state index is 12.2. The third kappa shape index (κ3) is 3.60. The SMILES string of the molecule is Cc1nn(C)c(C)c1NC(=O)CN1CCCC1CC(=O)O. The van der Waals surface area contributed by atoms with Crippen LogP contribution >= 0.6 is 0 Å². The second-order valence-electron chi connectivity index (χ2n) is 5.58. The van der Waals surface area contributed by atoms with Crippen LogP contribution in [0.1, 0.15) is 30.7 Å². The number of anilines is 1. The molecule has 1 unspecified atom stereocenters. The molecule has 2 N–H and O–H groups in total. The van der Waals surface area contributed by atoms with E-state index < -0.39 is 5.97 Å². The topological polar surface area (TPSA) is 87.5 Å². The lowest BCUT2D eigenvalue weighted by Crippen LogP contribution is -2.38. The van der Waals surface area contributed by atoms with Gasteiger partial charge in [-0.1, -0.05) is 0 Å². The van der Waals surface area contributed by atoms with Gasteiger partial charge in [0.25, 0.3) is 0 Å². The number of carbonyl (C=O) groups is 2. The fraction of sp³-hybridized carbons (Fsp3) is 0.643. The van der Waals surface area contributed by atoms with E-state index >= 15 is 0 Å². The number of rotatable bonds is 5. The van der Waals surface area contributed by atoms with E-state index in [1.807, 2.05) is 25.8 Å². The van der Waals surface area contributed by atoms with Gasteiger partial charge in [0, 0.05) is 13.1 Å². The van der Waals surface area contributed by atoms with Crippen LogP contribution in [0.2, 0.25) is 0 Å². The summed E-state index contributed by atoms with van der Waals surface area (Å²) in [6.45, 7) is 4.76. The zero-order valence-electron chi connectivity index (χ0n) is 12.7. The van der Waals surface area contributed by atoms with Crippen LogP contribution in [0, 0.1) is 13.8 Å². The number of aliphatic carboxylic acids is 1. The highest BCUT2D eigenvalue weighted by atomic mass is 16.4. The maximum atomic E-state index is 12.2. The van der Waals surface area contributed by atoms with Crippen LogP contribution < -0.4 is 5.32 Å². The molecule has 21 heavy (non-hydrogen) atoms. The highest BCUT2D eigenvalue weighted by Gasteiger charge is 2.28. The van der Waals surface area contributed by atoms with Crippen LogP contribution in [0.25, 0.3) is 0 Å². The second kappa shape index (κ2) is 6.26. The van der Waals surface area contributed by atoms with Gasteiger partial charge in [-0.3, -0.25) is 19.2 Å². The van der Waals surface area contributed by atoms with Gasteiger partial charge in [0.2, 0.25) is 5.91 Å². The van der Waals surface area contributed by atoms with Gasteiger partial charge in [-0.05, 0) is 33.2 Å². The summed E-state index contributed by atoms with van der Waals surface area (Å²) in [5.41, 5.74) is 2.44. The molecule has 116 valence electrons. The number of aryl methyl sites for hydroxylation is 2. The molecule has 0 saturated carbocycles. The number of hydrogen-bond donors (Lipinski definition) is 2. The molecule has 1 aromatic heterocycles. The molecule has 1 saturated heterocycles. The normalized spacial score (nSPS) is 18.9. The average molecular weight is 294 g/mol. The molecular formula is C14H22N4O3. The van der Waals surface area contributed by atoms with Crippen molar-refractivity contribution in [1.82, 2.24) is 14.7 Å². The first-order valence-corrected chi connectivity index (χ1v) is 7.14. The van der Waals surface area contributed by atoms with Crippen molar-refractivity contribution in [1.29, 1.82) is 0 Å². The maximum Gasteiger partial charge on any atom is 0.304 e. The Morgan fingerprint density at radius 1 is 1.43 bits per heavy atom. The molecular weight excluding hydrogens is 272 g/mol. The molecule has 1 atom stereocenters. The number of aromatic nitrogens is 2. The summed E-state index contributed by atoms with van der Waals surface area (Å²) >= 11 is 0. The minimum atomic E-state index is -0.814. The second-order valence-corrected chi connectivity index (χ2v) is 5.58. The Hall–Kier alpha value is -1.89. The Labute approximate surface area is 123 Å². The number of nitrogens with zero attached hydrogens (tertiary/aromatic N) is 3. The minimum Gasteiger partial charge on any atom is -0.481 e. The first-order valence-electron chi connectivity index (χ1n) is 7.14. The van der Waals surface area contributed by atoms with E-state index in [0.717, 1.165) is 36.5 Å². The summed E-state index contributed by atoms with van der Waals surface area (Å²) in [6.07, 6.45) is 1.87. The van der Waals surface area contributed by atoms with Gasteiger partial charge < -0.3 is 10.4 Å². The smallest absolute Gasteiger partial charge is 0.304 e. The highest BCUT2D eigenvalue weighted by Crippen LogP contribution is 2.21. The summed E-state index contributed by atoms with van der Waals surface area (Å²) in [4.78, 5) is 25.0. The van der Waals surface area contributed by atoms with Crippen molar-refractivity contribution in [3.8, 4) is 0 Å². The van der Waals surface area contributed by atoms with Crippen molar-refractivity contribution in [2.75, 3.05) is 18.4 Å². The molecule has 7 nitrogen and oxygen atoms in total. The Kier molecular flexibility index (Phi) is 4.62. The summed E-state index contributed by atoms with van der Waals surface area (Å²) in [5, 5.41) is 16.0. The predicted octanol–water partition coefficient (Wildman–Crippen LogP) is 0.915. The van der Waals surface area contributed by atoms with E-state index in [9.17, 15) is 9.59 Å². The standard InChI is InChI=1S/C14H22N4O3/c1-9-14(10(2)17(3)16-9)15-12(19)8-18-6-4-5-11(18)7-13(20)21/h11H,4-8H2,1-3H3,(H,15,19)(H,20,21). The van der Waals surface area contributed by atoms with Gasteiger partial charge in [0.15, 0.2) is 0 Å². The summed E-state index contributed by atoms with van der Waals surface area (Å²) in [5.74, 6) is -0.933. The number of nitrogens with one attached hydrogen (secondary N) is 1. The highest BCUT2D eigenvalue weighted by molar-refractivity contribution is 5.93. The van der Waals surface area contributed by atoms with E-state index in [0.29, 0.717) is 0 Å². The minimum absolute atomic E-state index is 0.0376. The van der Waals surface area contributed by atoms with Gasteiger partial charge in [-0.15, -0.1) is 0 Å². The summed E-state index contributed by atoms with van der Waals surface area (Å²) < 4.78 is 1.73. The third-order valence-electron chi connectivity index (χ3n) is 4.03. The van der Waals surface area contributed by atoms with Crippen molar-refractivity contribution in [3.05, 3.63) is 11.4 Å². The van der Waals surface area contributed by atoms with Crippen LogP contribution in [0.4, 0.5) is 5.69 Å². The molecule has 1 aliphatic rings. The first-order chi connectivity index (χ1) is 9.88. The molecule has 0 aromatic carbocycles. The fourth-order valence-corrected chi connectivity index (χ4v) is 2.85. The Bertz CT molecular complexity index is 553. The van der Waals surface area contributed by atoms with Crippen molar-refractivity contribution >= 4 is 17.6 Å². The lowest BCUT2D eigenvalue weighted by molar-refractivity contribution is -0.138. The number of carboxylic acid groups (broad SMARTS) is 1. The number of carboxylic acids is 1. The van der Waals surface area contributed by atoms with Crippen LogP contribution in [-0.4, -0.2) is 50.8 Å². The fourth-order valence-electron chi connectivity index (χ4n) is 2.85. The van der Waals surface area contributed by atoms with Crippen LogP contribution in [0.5, 0.6) is 0 Å². The van der Waals surface area contributed by atoms with E-state index in [4.69, 9.17) is 5.11 Å². The van der Waals surface area contributed by atoms with E-state index in [2.05, 4.69) is 10.4 Å². The van der Waals surface area contributed by atoms with E-state index in [1.54, 1.807) is 4.68 Å². The zero-order valence-corrected chi connectivity index (χ0v) is 12.7. The van der Waals surface area contributed by atoms with Gasteiger partial charge >= 0.3 is 5.97 Å². The Morgan fingerprint density at radius 2 is 2.14 bits per heavy atom. The molecule has 1 aromatic rings. The quantitative estimate of drug-likeness (QED) is 0.843.